The number of methoxy groups -OCH3 is 1. The van der Waals surface area contributed by atoms with Crippen LogP contribution < -0.4 is 4.74 Å². The van der Waals surface area contributed by atoms with Crippen LogP contribution in [0.3, 0.4) is 0 Å². The van der Waals surface area contributed by atoms with Gasteiger partial charge in [-0.25, -0.2) is 0 Å². The minimum atomic E-state index is -2.43. The molecule has 0 fully saturated rings. The molecule has 0 amide bonds. The Morgan fingerprint density at radius 2 is 1.92 bits per heavy atom. The molecule has 2 rings (SSSR count). The molecule has 1 N–H and O–H groups in total. The summed E-state index contributed by atoms with van der Waals surface area (Å²) in [6.45, 7) is 7.82. The lowest BCUT2D eigenvalue weighted by atomic mass is 10.0. The first-order chi connectivity index (χ1) is 11.9. The van der Waals surface area contributed by atoms with E-state index in [0.717, 1.165) is 22.4 Å². The molecule has 0 bridgehead atoms. The molecule has 1 atom stereocenters. The average molecular weight is 361 g/mol. The van der Waals surface area contributed by atoms with Gasteiger partial charge < -0.3 is 14.4 Å². The van der Waals surface area contributed by atoms with Gasteiger partial charge in [0.25, 0.3) is 0 Å². The lowest BCUT2D eigenvalue weighted by Crippen LogP contribution is -2.10. The van der Waals surface area contributed by atoms with Crippen molar-refractivity contribution in [3.05, 3.63) is 52.8 Å². The molecule has 1 heterocycles. The molecule has 2 aromatic rings. The number of hydrogen-bond donors (Lipinski definition) is 1. The third kappa shape index (κ3) is 4.07. The van der Waals surface area contributed by atoms with Crippen molar-refractivity contribution in [3.8, 4) is 11.5 Å². The van der Waals surface area contributed by atoms with E-state index < -0.39 is 7.14 Å². The Labute approximate surface area is 150 Å². The maximum absolute atomic E-state index is 13.6. The standard InChI is InChI=1S/C20H28NO3P/c1-6-25(23,7-2)19(13-16-9-8-10-21-15(16)4)17-11-14(3)20(22)18(12-17)24-5/h8-12,19,22H,6-7,13H2,1-5H3. The van der Waals surface area contributed by atoms with Gasteiger partial charge in [0.2, 0.25) is 0 Å². The fourth-order valence-corrected chi connectivity index (χ4v) is 5.83. The van der Waals surface area contributed by atoms with Crippen molar-refractivity contribution < 1.29 is 14.4 Å². The topological polar surface area (TPSA) is 59.4 Å². The van der Waals surface area contributed by atoms with Crippen LogP contribution in [-0.4, -0.2) is 29.5 Å². The summed E-state index contributed by atoms with van der Waals surface area (Å²) in [5.74, 6) is 0.576. The number of rotatable bonds is 7. The van der Waals surface area contributed by atoms with Crippen LogP contribution in [-0.2, 0) is 11.0 Å². The van der Waals surface area contributed by atoms with Crippen LogP contribution in [0.2, 0.25) is 0 Å². The minimum absolute atomic E-state index is 0.112. The van der Waals surface area contributed by atoms with Gasteiger partial charge in [0, 0.05) is 17.5 Å². The maximum Gasteiger partial charge on any atom is 0.161 e. The van der Waals surface area contributed by atoms with E-state index in [-0.39, 0.29) is 11.4 Å². The Kier molecular flexibility index (Phi) is 6.29. The monoisotopic (exact) mass is 361 g/mol. The van der Waals surface area contributed by atoms with Crippen LogP contribution in [0, 0.1) is 13.8 Å². The highest BCUT2D eigenvalue weighted by Crippen LogP contribution is 2.60. The Morgan fingerprint density at radius 3 is 2.48 bits per heavy atom. The molecule has 0 spiro atoms. The fraction of sp³-hybridized carbons (Fsp3) is 0.450. The molecule has 4 nitrogen and oxygen atoms in total. The summed E-state index contributed by atoms with van der Waals surface area (Å²) in [6.07, 6.45) is 3.75. The van der Waals surface area contributed by atoms with Crippen molar-refractivity contribution >= 4 is 7.14 Å². The number of aromatic nitrogens is 1. The summed E-state index contributed by atoms with van der Waals surface area (Å²) in [5.41, 5.74) is 3.66. The van der Waals surface area contributed by atoms with Gasteiger partial charge in [-0.2, -0.15) is 0 Å². The highest BCUT2D eigenvalue weighted by atomic mass is 31.2. The summed E-state index contributed by atoms with van der Waals surface area (Å²) in [5, 5.41) is 10.2. The van der Waals surface area contributed by atoms with E-state index in [1.54, 1.807) is 6.20 Å². The van der Waals surface area contributed by atoms with Crippen molar-refractivity contribution in [2.75, 3.05) is 19.4 Å². The summed E-state index contributed by atoms with van der Waals surface area (Å²) in [7, 11) is -0.889. The third-order valence-corrected chi connectivity index (χ3v) is 8.82. The first-order valence-electron chi connectivity index (χ1n) is 8.72. The van der Waals surface area contributed by atoms with Crippen LogP contribution in [0.4, 0.5) is 0 Å². The second-order valence-electron chi connectivity index (χ2n) is 6.44. The number of pyridine rings is 1. The van der Waals surface area contributed by atoms with Crippen LogP contribution >= 0.6 is 7.14 Å². The van der Waals surface area contributed by atoms with Crippen molar-refractivity contribution in [1.82, 2.24) is 4.98 Å². The molecule has 136 valence electrons. The number of phenols is 1. The number of nitrogens with zero attached hydrogens (tertiary/aromatic N) is 1. The van der Waals surface area contributed by atoms with Crippen molar-refractivity contribution in [2.45, 2.75) is 39.8 Å². The minimum Gasteiger partial charge on any atom is -0.504 e. The highest BCUT2D eigenvalue weighted by molar-refractivity contribution is 7.64. The summed E-state index contributed by atoms with van der Waals surface area (Å²) < 4.78 is 19.0. The summed E-state index contributed by atoms with van der Waals surface area (Å²) in [6, 6.07) is 7.74. The number of benzene rings is 1. The van der Waals surface area contributed by atoms with E-state index >= 15 is 0 Å². The molecule has 0 aliphatic carbocycles. The summed E-state index contributed by atoms with van der Waals surface area (Å²) >= 11 is 0. The number of phenolic OH excluding ortho intramolecular Hbond substituents is 1. The zero-order valence-electron chi connectivity index (χ0n) is 15.7. The normalized spacial score (nSPS) is 12.8. The second-order valence-corrected chi connectivity index (χ2v) is 10.2. The Bertz CT molecular complexity index is 781. The van der Waals surface area contributed by atoms with E-state index in [9.17, 15) is 9.67 Å². The molecule has 1 unspecified atom stereocenters. The first kappa shape index (κ1) is 19.5. The first-order valence-corrected chi connectivity index (χ1v) is 10.9. The Hall–Kier alpha value is -1.80. The van der Waals surface area contributed by atoms with E-state index in [2.05, 4.69) is 11.1 Å². The molecular formula is C20H28NO3P. The average Bonchev–Trinajstić information content (AvgIpc) is 2.62. The number of aromatic hydroxyl groups is 1. The van der Waals surface area contributed by atoms with Gasteiger partial charge in [0.15, 0.2) is 11.5 Å². The number of hydrogen-bond acceptors (Lipinski definition) is 4. The van der Waals surface area contributed by atoms with E-state index in [4.69, 9.17) is 4.74 Å². The molecule has 0 aliphatic heterocycles. The quantitative estimate of drug-likeness (QED) is 0.697. The zero-order valence-corrected chi connectivity index (χ0v) is 16.6. The smallest absolute Gasteiger partial charge is 0.161 e. The zero-order chi connectivity index (χ0) is 18.6. The molecule has 1 aromatic carbocycles. The Balaban J connectivity index is 2.58. The lowest BCUT2D eigenvalue weighted by Gasteiger charge is -2.28. The van der Waals surface area contributed by atoms with Crippen LogP contribution in [0.25, 0.3) is 0 Å². The summed E-state index contributed by atoms with van der Waals surface area (Å²) in [4.78, 5) is 4.37. The van der Waals surface area contributed by atoms with Crippen molar-refractivity contribution in [3.63, 3.8) is 0 Å². The maximum atomic E-state index is 13.6. The van der Waals surface area contributed by atoms with Gasteiger partial charge in [-0.05, 0) is 61.4 Å². The van der Waals surface area contributed by atoms with Gasteiger partial charge in [-0.3, -0.25) is 4.98 Å². The highest BCUT2D eigenvalue weighted by Gasteiger charge is 2.32. The van der Waals surface area contributed by atoms with E-state index in [1.165, 1.54) is 7.11 Å². The van der Waals surface area contributed by atoms with Gasteiger partial charge in [-0.15, -0.1) is 0 Å². The third-order valence-electron chi connectivity index (χ3n) is 5.06. The molecule has 0 saturated heterocycles. The van der Waals surface area contributed by atoms with Crippen LogP contribution in [0.1, 0.15) is 41.9 Å². The number of aryl methyl sites for hydroxylation is 2. The molecular weight excluding hydrogens is 333 g/mol. The Morgan fingerprint density at radius 1 is 1.24 bits per heavy atom. The van der Waals surface area contributed by atoms with Crippen molar-refractivity contribution in [1.29, 1.82) is 0 Å². The van der Waals surface area contributed by atoms with Gasteiger partial charge in [0.05, 0.1) is 14.3 Å². The predicted molar refractivity (Wildman–Crippen MR) is 104 cm³/mol. The van der Waals surface area contributed by atoms with Gasteiger partial charge in [0.1, 0.15) is 0 Å². The predicted octanol–water partition coefficient (Wildman–Crippen LogP) is 5.10. The van der Waals surface area contributed by atoms with E-state index in [0.29, 0.717) is 24.5 Å². The second kappa shape index (κ2) is 8.05. The largest absolute Gasteiger partial charge is 0.504 e. The van der Waals surface area contributed by atoms with Crippen molar-refractivity contribution in [2.24, 2.45) is 0 Å². The van der Waals surface area contributed by atoms with Gasteiger partial charge in [-0.1, -0.05) is 26.0 Å². The molecule has 0 radical (unpaired) electrons. The molecule has 0 saturated carbocycles. The van der Waals surface area contributed by atoms with E-state index in [1.807, 2.05) is 45.9 Å². The molecule has 5 heteroatoms. The van der Waals surface area contributed by atoms with Crippen LogP contribution in [0.5, 0.6) is 11.5 Å². The molecule has 1 aromatic heterocycles. The SMILES string of the molecule is CCP(=O)(CC)C(Cc1cccnc1C)c1cc(C)c(O)c(OC)c1. The lowest BCUT2D eigenvalue weighted by molar-refractivity contribution is 0.371. The molecule has 25 heavy (non-hydrogen) atoms. The van der Waals surface area contributed by atoms with Gasteiger partial charge >= 0.3 is 0 Å². The molecule has 0 aliphatic rings. The fourth-order valence-electron chi connectivity index (χ4n) is 3.28. The number of ether oxygens (including phenoxy) is 1. The van der Waals surface area contributed by atoms with Crippen LogP contribution in [0.15, 0.2) is 30.5 Å².